The Morgan fingerprint density at radius 2 is 2.23 bits per heavy atom. The highest BCUT2D eigenvalue weighted by Crippen LogP contribution is 2.26. The SMILES string of the molecule is Cl.Cn1nnnc1-c1cccc(NC(=O)C2CCC(N)C2)c1. The molecule has 22 heavy (non-hydrogen) atoms. The van der Waals surface area contributed by atoms with Crippen LogP contribution in [0.4, 0.5) is 5.69 Å². The number of halogens is 1. The van der Waals surface area contributed by atoms with Crippen LogP contribution in [0.5, 0.6) is 0 Å². The van der Waals surface area contributed by atoms with Gasteiger partial charge in [-0.3, -0.25) is 4.79 Å². The largest absolute Gasteiger partial charge is 0.328 e. The number of carbonyl (C=O) groups excluding carboxylic acids is 1. The van der Waals surface area contributed by atoms with E-state index in [1.54, 1.807) is 11.7 Å². The Hall–Kier alpha value is -1.99. The molecule has 0 saturated heterocycles. The standard InChI is InChI=1S/C14H18N6O.ClH/c1-20-13(17-18-19-20)9-3-2-4-12(8-9)16-14(21)10-5-6-11(15)7-10;/h2-4,8,10-11H,5-7,15H2,1H3,(H,16,21);1H. The van der Waals surface area contributed by atoms with Crippen molar-refractivity contribution in [2.45, 2.75) is 25.3 Å². The van der Waals surface area contributed by atoms with Crippen molar-refractivity contribution >= 4 is 24.0 Å². The van der Waals surface area contributed by atoms with E-state index in [-0.39, 0.29) is 30.3 Å². The minimum atomic E-state index is 0. The molecule has 2 aromatic rings. The average Bonchev–Trinajstić information content (AvgIpc) is 3.08. The summed E-state index contributed by atoms with van der Waals surface area (Å²) in [6.07, 6.45) is 2.54. The first kappa shape index (κ1) is 16.4. The van der Waals surface area contributed by atoms with Crippen LogP contribution >= 0.6 is 12.4 Å². The number of nitrogens with two attached hydrogens (primary N) is 1. The smallest absolute Gasteiger partial charge is 0.227 e. The summed E-state index contributed by atoms with van der Waals surface area (Å²) in [5.74, 6) is 0.713. The van der Waals surface area contributed by atoms with Crippen molar-refractivity contribution in [2.75, 3.05) is 5.32 Å². The van der Waals surface area contributed by atoms with Gasteiger partial charge in [0.05, 0.1) is 0 Å². The third-order valence-corrected chi connectivity index (χ3v) is 3.85. The lowest BCUT2D eigenvalue weighted by Crippen LogP contribution is -2.23. The molecule has 1 amide bonds. The van der Waals surface area contributed by atoms with Gasteiger partial charge in [0, 0.05) is 30.3 Å². The number of hydrogen-bond donors (Lipinski definition) is 2. The van der Waals surface area contributed by atoms with Crippen LogP contribution in [0.2, 0.25) is 0 Å². The van der Waals surface area contributed by atoms with Crippen LogP contribution < -0.4 is 11.1 Å². The summed E-state index contributed by atoms with van der Waals surface area (Å²) in [6.45, 7) is 0. The maximum atomic E-state index is 12.2. The molecule has 3 rings (SSSR count). The van der Waals surface area contributed by atoms with Gasteiger partial charge >= 0.3 is 0 Å². The zero-order valence-electron chi connectivity index (χ0n) is 12.3. The van der Waals surface area contributed by atoms with E-state index in [4.69, 9.17) is 5.73 Å². The van der Waals surface area contributed by atoms with Crippen molar-refractivity contribution in [1.29, 1.82) is 0 Å². The van der Waals surface area contributed by atoms with Gasteiger partial charge in [-0.05, 0) is 41.8 Å². The highest BCUT2D eigenvalue weighted by Gasteiger charge is 2.27. The second-order valence-corrected chi connectivity index (χ2v) is 5.47. The summed E-state index contributed by atoms with van der Waals surface area (Å²) in [5, 5.41) is 14.4. The van der Waals surface area contributed by atoms with E-state index in [9.17, 15) is 4.79 Å². The van der Waals surface area contributed by atoms with Gasteiger partial charge in [0.1, 0.15) is 0 Å². The molecule has 2 atom stereocenters. The van der Waals surface area contributed by atoms with Crippen LogP contribution in [0.25, 0.3) is 11.4 Å². The van der Waals surface area contributed by atoms with Gasteiger partial charge in [-0.2, -0.15) is 0 Å². The Kier molecular flexibility index (Phi) is 5.10. The van der Waals surface area contributed by atoms with Gasteiger partial charge in [0.15, 0.2) is 5.82 Å². The van der Waals surface area contributed by atoms with Crippen molar-refractivity contribution in [2.24, 2.45) is 18.7 Å². The maximum Gasteiger partial charge on any atom is 0.227 e. The first-order valence-electron chi connectivity index (χ1n) is 7.02. The molecule has 1 saturated carbocycles. The fourth-order valence-corrected chi connectivity index (χ4v) is 2.71. The molecule has 0 radical (unpaired) electrons. The van der Waals surface area contributed by atoms with Crippen molar-refractivity contribution in [3.8, 4) is 11.4 Å². The van der Waals surface area contributed by atoms with Crippen LogP contribution in [-0.4, -0.2) is 32.2 Å². The van der Waals surface area contributed by atoms with E-state index in [1.165, 1.54) is 0 Å². The monoisotopic (exact) mass is 322 g/mol. The molecule has 0 spiro atoms. The summed E-state index contributed by atoms with van der Waals surface area (Å²) in [4.78, 5) is 12.2. The van der Waals surface area contributed by atoms with Gasteiger partial charge in [0.25, 0.3) is 0 Å². The molecule has 1 heterocycles. The summed E-state index contributed by atoms with van der Waals surface area (Å²) >= 11 is 0. The maximum absolute atomic E-state index is 12.2. The number of carbonyl (C=O) groups is 1. The summed E-state index contributed by atoms with van der Waals surface area (Å²) in [7, 11) is 1.78. The molecule has 1 aromatic heterocycles. The Bertz CT molecular complexity index is 658. The van der Waals surface area contributed by atoms with Crippen LogP contribution in [0.1, 0.15) is 19.3 Å². The average molecular weight is 323 g/mol. The quantitative estimate of drug-likeness (QED) is 0.889. The number of anilines is 1. The first-order chi connectivity index (χ1) is 10.1. The van der Waals surface area contributed by atoms with Crippen molar-refractivity contribution in [3.63, 3.8) is 0 Å². The Labute approximate surface area is 134 Å². The number of aromatic nitrogens is 4. The molecule has 1 aliphatic rings. The predicted octanol–water partition coefficient (Wildman–Crippen LogP) is 1.36. The topological polar surface area (TPSA) is 98.7 Å². The Morgan fingerprint density at radius 3 is 2.86 bits per heavy atom. The highest BCUT2D eigenvalue weighted by atomic mass is 35.5. The molecule has 118 valence electrons. The van der Waals surface area contributed by atoms with Gasteiger partial charge in [-0.15, -0.1) is 17.5 Å². The molecule has 2 unspecified atom stereocenters. The molecule has 7 nitrogen and oxygen atoms in total. The predicted molar refractivity (Wildman–Crippen MR) is 85.4 cm³/mol. The van der Waals surface area contributed by atoms with Gasteiger partial charge in [-0.25, -0.2) is 4.68 Å². The highest BCUT2D eigenvalue weighted by molar-refractivity contribution is 5.93. The number of amides is 1. The minimum Gasteiger partial charge on any atom is -0.328 e. The Morgan fingerprint density at radius 1 is 1.41 bits per heavy atom. The number of nitrogens with zero attached hydrogens (tertiary/aromatic N) is 4. The first-order valence-corrected chi connectivity index (χ1v) is 7.02. The van der Waals surface area contributed by atoms with Gasteiger partial charge < -0.3 is 11.1 Å². The lowest BCUT2D eigenvalue weighted by molar-refractivity contribution is -0.119. The number of aryl methyl sites for hydroxylation is 1. The lowest BCUT2D eigenvalue weighted by Gasteiger charge is -2.11. The number of hydrogen-bond acceptors (Lipinski definition) is 5. The number of rotatable bonds is 3. The summed E-state index contributed by atoms with van der Waals surface area (Å²) in [6, 6.07) is 7.67. The molecule has 1 aromatic carbocycles. The molecule has 8 heteroatoms. The van der Waals surface area contributed by atoms with Crippen LogP contribution in [-0.2, 0) is 11.8 Å². The van der Waals surface area contributed by atoms with E-state index < -0.39 is 0 Å². The zero-order chi connectivity index (χ0) is 14.8. The minimum absolute atomic E-state index is 0. The van der Waals surface area contributed by atoms with Gasteiger partial charge in [-0.1, -0.05) is 12.1 Å². The van der Waals surface area contributed by atoms with Gasteiger partial charge in [0.2, 0.25) is 5.91 Å². The molecule has 1 aliphatic carbocycles. The summed E-state index contributed by atoms with van der Waals surface area (Å²) < 4.78 is 1.59. The molecule has 3 N–H and O–H groups in total. The van der Waals surface area contributed by atoms with Crippen LogP contribution in [0, 0.1) is 5.92 Å². The normalized spacial score (nSPS) is 20.5. The molecular formula is C14H19ClN6O. The van der Waals surface area contributed by atoms with Crippen LogP contribution in [0.15, 0.2) is 24.3 Å². The fourth-order valence-electron chi connectivity index (χ4n) is 2.71. The van der Waals surface area contributed by atoms with E-state index in [2.05, 4.69) is 20.8 Å². The second kappa shape index (κ2) is 6.85. The van der Waals surface area contributed by atoms with Crippen molar-refractivity contribution in [1.82, 2.24) is 20.2 Å². The lowest BCUT2D eigenvalue weighted by atomic mass is 10.1. The molecular weight excluding hydrogens is 304 g/mol. The van der Waals surface area contributed by atoms with E-state index in [0.717, 1.165) is 30.5 Å². The van der Waals surface area contributed by atoms with E-state index in [1.807, 2.05) is 24.3 Å². The zero-order valence-corrected chi connectivity index (χ0v) is 13.1. The fraction of sp³-hybridized carbons (Fsp3) is 0.429. The van der Waals surface area contributed by atoms with Crippen molar-refractivity contribution < 1.29 is 4.79 Å². The number of benzene rings is 1. The summed E-state index contributed by atoms with van der Waals surface area (Å²) in [5.41, 5.74) is 7.47. The van der Waals surface area contributed by atoms with Crippen molar-refractivity contribution in [3.05, 3.63) is 24.3 Å². The molecule has 1 fully saturated rings. The molecule has 0 aliphatic heterocycles. The molecule has 0 bridgehead atoms. The Balaban J connectivity index is 0.00000176. The second-order valence-electron chi connectivity index (χ2n) is 5.47. The van der Waals surface area contributed by atoms with E-state index in [0.29, 0.717) is 5.82 Å². The third kappa shape index (κ3) is 3.42. The number of nitrogens with one attached hydrogen (secondary N) is 1. The van der Waals surface area contributed by atoms with Crippen LogP contribution in [0.3, 0.4) is 0 Å². The van der Waals surface area contributed by atoms with E-state index >= 15 is 0 Å². The third-order valence-electron chi connectivity index (χ3n) is 3.85. The number of tetrazole rings is 1.